The third-order valence-corrected chi connectivity index (χ3v) is 2.16. The Morgan fingerprint density at radius 2 is 2.08 bits per heavy atom. The summed E-state index contributed by atoms with van der Waals surface area (Å²) in [4.78, 5) is 1.44. The number of hydrogen-bond acceptors (Lipinski definition) is 1. The molecule has 1 heteroatoms. The maximum atomic E-state index is 7.87. The quantitative estimate of drug-likeness (QED) is 0.635. The molecule has 1 aromatic carbocycles. The molecule has 0 amide bonds. The number of likely N-dealkylation sites (N-methyl/N-ethyl adjacent to an activating group) is 1. The highest BCUT2D eigenvalue weighted by Crippen LogP contribution is 2.20. The molecule has 0 saturated carbocycles. The molecule has 68 valence electrons. The standard InChI is InChI=1S/C12H15N/c1-13-9-7-12(8-10-13)11-5-3-2-4-6-11/h2-7H,8-10H2,1H3/i9D,10D2. The van der Waals surface area contributed by atoms with E-state index in [2.05, 4.69) is 0 Å². The van der Waals surface area contributed by atoms with Gasteiger partial charge in [-0.25, -0.2) is 0 Å². The first-order valence-corrected chi connectivity index (χ1v) is 4.42. The lowest BCUT2D eigenvalue weighted by Crippen LogP contribution is -2.23. The maximum absolute atomic E-state index is 7.87. The fourth-order valence-electron chi connectivity index (χ4n) is 1.37. The van der Waals surface area contributed by atoms with Crippen LogP contribution in [0.2, 0.25) is 0 Å². The molecule has 0 aliphatic carbocycles. The van der Waals surface area contributed by atoms with Crippen LogP contribution in [-0.2, 0) is 0 Å². The van der Waals surface area contributed by atoms with Crippen molar-refractivity contribution in [2.75, 3.05) is 20.1 Å². The third-order valence-electron chi connectivity index (χ3n) is 2.16. The van der Waals surface area contributed by atoms with Crippen LogP contribution in [0, 0.1) is 0 Å². The first-order chi connectivity index (χ1) is 7.50. The highest BCUT2D eigenvalue weighted by molar-refractivity contribution is 5.66. The van der Waals surface area contributed by atoms with Gasteiger partial charge >= 0.3 is 0 Å². The Bertz CT molecular complexity index is 400. The lowest BCUT2D eigenvalue weighted by atomic mass is 10.00. The monoisotopic (exact) mass is 176 g/mol. The molecule has 13 heavy (non-hydrogen) atoms. The van der Waals surface area contributed by atoms with Gasteiger partial charge in [-0.2, -0.15) is 0 Å². The highest BCUT2D eigenvalue weighted by Gasteiger charge is 2.08. The SMILES string of the molecule is [2H]C1C=C(c2ccccc2)CC([2H])([2H])N1C. The van der Waals surface area contributed by atoms with E-state index in [0.717, 1.165) is 11.1 Å². The molecule has 1 aliphatic rings. The molecule has 1 atom stereocenters. The van der Waals surface area contributed by atoms with Gasteiger partial charge in [0, 0.05) is 17.1 Å². The zero-order chi connectivity index (χ0) is 11.8. The molecule has 0 N–H and O–H groups in total. The molecular weight excluding hydrogens is 158 g/mol. The van der Waals surface area contributed by atoms with Crippen LogP contribution in [0.25, 0.3) is 5.57 Å². The number of rotatable bonds is 1. The van der Waals surface area contributed by atoms with E-state index in [1.165, 1.54) is 4.90 Å². The molecule has 1 nitrogen and oxygen atoms in total. The van der Waals surface area contributed by atoms with Crippen LogP contribution in [0.5, 0.6) is 0 Å². The smallest absolute Gasteiger partial charge is 0.0475 e. The molecule has 0 saturated heterocycles. The molecule has 1 aromatic rings. The first kappa shape index (κ1) is 5.61. The van der Waals surface area contributed by atoms with Crippen molar-refractivity contribution >= 4 is 5.57 Å². The Hall–Kier alpha value is -1.08. The second kappa shape index (κ2) is 3.75. The van der Waals surface area contributed by atoms with E-state index in [4.69, 9.17) is 4.11 Å². The van der Waals surface area contributed by atoms with Crippen molar-refractivity contribution in [2.24, 2.45) is 0 Å². The van der Waals surface area contributed by atoms with E-state index in [9.17, 15) is 0 Å². The van der Waals surface area contributed by atoms with E-state index in [1.807, 2.05) is 36.4 Å². The summed E-state index contributed by atoms with van der Waals surface area (Å²) in [5.74, 6) is 0. The normalized spacial score (nSPS) is 31.3. The van der Waals surface area contributed by atoms with E-state index in [0.29, 0.717) is 6.42 Å². The van der Waals surface area contributed by atoms with Crippen LogP contribution in [0.4, 0.5) is 0 Å². The van der Waals surface area contributed by atoms with Crippen molar-refractivity contribution in [3.05, 3.63) is 42.0 Å². The predicted octanol–water partition coefficient (Wildman–Crippen LogP) is 2.41. The summed E-state index contributed by atoms with van der Waals surface area (Å²) in [6.07, 6.45) is 2.15. The Balaban J connectivity index is 2.34. The van der Waals surface area contributed by atoms with Crippen LogP contribution in [0.15, 0.2) is 36.4 Å². The molecule has 0 spiro atoms. The summed E-state index contributed by atoms with van der Waals surface area (Å²) in [6, 6.07) is 9.72. The van der Waals surface area contributed by atoms with Gasteiger partial charge in [-0.1, -0.05) is 36.4 Å². The Morgan fingerprint density at radius 1 is 1.31 bits per heavy atom. The Morgan fingerprint density at radius 3 is 2.77 bits per heavy atom. The first-order valence-electron chi connectivity index (χ1n) is 6.00. The van der Waals surface area contributed by atoms with Crippen LogP contribution in [-0.4, -0.2) is 25.0 Å². The average molecular weight is 176 g/mol. The van der Waals surface area contributed by atoms with Crippen molar-refractivity contribution in [1.29, 1.82) is 0 Å². The van der Waals surface area contributed by atoms with Crippen LogP contribution in [0.3, 0.4) is 0 Å². The van der Waals surface area contributed by atoms with Gasteiger partial charge < -0.3 is 4.90 Å². The van der Waals surface area contributed by atoms with Crippen molar-refractivity contribution in [1.82, 2.24) is 4.90 Å². The lowest BCUT2D eigenvalue weighted by Gasteiger charge is -2.21. The molecule has 1 unspecified atom stereocenters. The topological polar surface area (TPSA) is 3.24 Å². The van der Waals surface area contributed by atoms with Crippen LogP contribution >= 0.6 is 0 Å². The van der Waals surface area contributed by atoms with E-state index in [1.54, 1.807) is 7.05 Å². The minimum atomic E-state index is -1.44. The summed E-state index contributed by atoms with van der Waals surface area (Å²) in [7, 11) is 1.65. The van der Waals surface area contributed by atoms with Gasteiger partial charge in [0.25, 0.3) is 0 Å². The minimum absolute atomic E-state index is 0.336. The fourth-order valence-corrected chi connectivity index (χ4v) is 1.37. The highest BCUT2D eigenvalue weighted by atomic mass is 15.1. The molecule has 0 bridgehead atoms. The zero-order valence-electron chi connectivity index (χ0n) is 10.7. The molecule has 1 heterocycles. The number of benzene rings is 1. The van der Waals surface area contributed by atoms with E-state index in [-0.39, 0.29) is 0 Å². The summed E-state index contributed by atoms with van der Waals surface area (Å²) in [5.41, 5.74) is 1.93. The minimum Gasteiger partial charge on any atom is -0.302 e. The van der Waals surface area contributed by atoms with Crippen LogP contribution in [0.1, 0.15) is 16.1 Å². The van der Waals surface area contributed by atoms with Gasteiger partial charge in [0.1, 0.15) is 0 Å². The third kappa shape index (κ3) is 1.99. The van der Waals surface area contributed by atoms with Gasteiger partial charge in [-0.05, 0) is 24.6 Å². The van der Waals surface area contributed by atoms with Crippen molar-refractivity contribution in [2.45, 2.75) is 6.42 Å². The summed E-state index contributed by atoms with van der Waals surface area (Å²) in [6.45, 7) is -2.05. The van der Waals surface area contributed by atoms with Gasteiger partial charge in [-0.3, -0.25) is 0 Å². The molecule has 0 aromatic heterocycles. The van der Waals surface area contributed by atoms with Gasteiger partial charge in [0.05, 0.1) is 0 Å². The lowest BCUT2D eigenvalue weighted by molar-refractivity contribution is 0.370. The largest absolute Gasteiger partial charge is 0.302 e. The maximum Gasteiger partial charge on any atom is 0.0475 e. The van der Waals surface area contributed by atoms with Crippen molar-refractivity contribution in [3.63, 3.8) is 0 Å². The molecule has 2 rings (SSSR count). The second-order valence-corrected chi connectivity index (χ2v) is 3.15. The zero-order valence-corrected chi connectivity index (χ0v) is 7.70. The fraction of sp³-hybridized carbons (Fsp3) is 0.333. The molecular formula is C12H15N. The average Bonchev–Trinajstić information content (AvgIpc) is 2.26. The summed E-state index contributed by atoms with van der Waals surface area (Å²) < 4.78 is 23.6. The number of nitrogens with zero attached hydrogens (tertiary/aromatic N) is 1. The summed E-state index contributed by atoms with van der Waals surface area (Å²) in [5, 5.41) is 0. The van der Waals surface area contributed by atoms with Crippen LogP contribution < -0.4 is 0 Å². The molecule has 0 fully saturated rings. The van der Waals surface area contributed by atoms with Gasteiger partial charge in [0.15, 0.2) is 0 Å². The van der Waals surface area contributed by atoms with E-state index < -0.39 is 13.0 Å². The second-order valence-electron chi connectivity index (χ2n) is 3.15. The predicted molar refractivity (Wildman–Crippen MR) is 56.5 cm³/mol. The molecule has 1 aliphatic heterocycles. The van der Waals surface area contributed by atoms with Crippen molar-refractivity contribution in [3.8, 4) is 0 Å². The van der Waals surface area contributed by atoms with Gasteiger partial charge in [-0.15, -0.1) is 0 Å². The van der Waals surface area contributed by atoms with E-state index >= 15 is 0 Å². The molecule has 0 radical (unpaired) electrons. The van der Waals surface area contributed by atoms with Gasteiger partial charge in [0.2, 0.25) is 0 Å². The Kier molecular flexibility index (Phi) is 1.62. The van der Waals surface area contributed by atoms with Crippen molar-refractivity contribution < 1.29 is 4.11 Å². The number of hydrogen-bond donors (Lipinski definition) is 0. The summed E-state index contributed by atoms with van der Waals surface area (Å²) >= 11 is 0. The Labute approximate surface area is 83.9 Å².